The van der Waals surface area contributed by atoms with Crippen LogP contribution in [-0.2, 0) is 23.3 Å². The number of alkyl halides is 1. The molecule has 0 aliphatic carbocycles. The molecule has 0 fully saturated rings. The molecule has 3 atom stereocenters. The van der Waals surface area contributed by atoms with Crippen LogP contribution in [0, 0.1) is 0 Å². The van der Waals surface area contributed by atoms with Gasteiger partial charge >= 0.3 is 20.1 Å². The van der Waals surface area contributed by atoms with Crippen molar-refractivity contribution in [1.82, 2.24) is 5.32 Å². The average molecular weight is 400 g/mol. The third-order valence-corrected chi connectivity index (χ3v) is 3.94. The number of alkyl carbamates (subject to hydrolysis) is 1. The van der Waals surface area contributed by atoms with Crippen molar-refractivity contribution in [3.8, 4) is 0 Å². The van der Waals surface area contributed by atoms with Crippen molar-refractivity contribution < 1.29 is 37.6 Å². The van der Waals surface area contributed by atoms with Gasteiger partial charge in [0, 0.05) is 19.8 Å². The largest absolute Gasteiger partial charge is 0.513 e. The van der Waals surface area contributed by atoms with Gasteiger partial charge in [-0.3, -0.25) is 0 Å². The molecule has 0 aromatic rings. The lowest BCUT2D eigenvalue weighted by Gasteiger charge is -2.30. The van der Waals surface area contributed by atoms with Gasteiger partial charge in [-0.15, -0.1) is 0 Å². The fourth-order valence-electron chi connectivity index (χ4n) is 1.91. The van der Waals surface area contributed by atoms with Crippen LogP contribution >= 0.6 is 8.03 Å². The maximum atomic E-state index is 14.5. The number of ether oxygens (including phenoxy) is 3. The van der Waals surface area contributed by atoms with Gasteiger partial charge in [-0.1, -0.05) is 4.52 Å². The smallest absolute Gasteiger partial charge is 0.444 e. The molecular weight excluding hydrogens is 368 g/mol. The van der Waals surface area contributed by atoms with Crippen molar-refractivity contribution in [3.63, 3.8) is 0 Å². The molecule has 2 N–H and O–H groups in total. The van der Waals surface area contributed by atoms with Gasteiger partial charge in [-0.2, -0.15) is 0 Å². The van der Waals surface area contributed by atoms with E-state index in [9.17, 15) is 18.9 Å². The lowest BCUT2D eigenvalue weighted by Crippen LogP contribution is -2.46. The number of rotatable bonds is 12. The molecule has 10 heteroatoms. The highest BCUT2D eigenvalue weighted by Crippen LogP contribution is 2.36. The summed E-state index contributed by atoms with van der Waals surface area (Å²) in [7, 11) is -2.11. The Morgan fingerprint density at radius 3 is 2.15 bits per heavy atom. The Hall–Kier alpha value is -0.860. The predicted octanol–water partition coefficient (Wildman–Crippen LogP) is 3.11. The van der Waals surface area contributed by atoms with E-state index < -0.39 is 44.4 Å². The van der Waals surface area contributed by atoms with Crippen molar-refractivity contribution in [2.75, 3.05) is 25.9 Å². The minimum atomic E-state index is -2.11. The zero-order chi connectivity index (χ0) is 20.4. The van der Waals surface area contributed by atoms with Gasteiger partial charge in [0.2, 0.25) is 0 Å². The van der Waals surface area contributed by atoms with E-state index >= 15 is 0 Å². The van der Waals surface area contributed by atoms with E-state index in [2.05, 4.69) is 5.32 Å². The third kappa shape index (κ3) is 10.3. The maximum absolute atomic E-state index is 14.5. The van der Waals surface area contributed by atoms with Gasteiger partial charge in [0.15, 0.2) is 6.16 Å². The van der Waals surface area contributed by atoms with Gasteiger partial charge in [0.25, 0.3) is 0 Å². The van der Waals surface area contributed by atoms with Crippen molar-refractivity contribution >= 4 is 14.1 Å². The second-order valence-electron chi connectivity index (χ2n) is 6.46. The van der Waals surface area contributed by atoms with E-state index in [4.69, 9.17) is 18.7 Å². The first kappa shape index (κ1) is 25.1. The molecule has 154 valence electrons. The normalized spacial score (nSPS) is 15.3. The Balaban J connectivity index is 4.86. The molecule has 0 bridgehead atoms. The number of aliphatic hydroxyl groups is 1. The Labute approximate surface area is 155 Å². The third-order valence-electron chi connectivity index (χ3n) is 2.94. The summed E-state index contributed by atoms with van der Waals surface area (Å²) < 4.78 is 47.3. The summed E-state index contributed by atoms with van der Waals surface area (Å²) in [5, 5.41) is 12.3. The maximum Gasteiger partial charge on any atom is 0.513 e. The molecule has 0 aliphatic rings. The fraction of sp³-hybridized carbons (Fsp3) is 0.938. The van der Waals surface area contributed by atoms with Crippen molar-refractivity contribution in [3.05, 3.63) is 0 Å². The van der Waals surface area contributed by atoms with E-state index in [1.807, 2.05) is 0 Å². The van der Waals surface area contributed by atoms with Crippen LogP contribution in [0.15, 0.2) is 0 Å². The Morgan fingerprint density at radius 1 is 1.19 bits per heavy atom. The molecule has 0 aromatic heterocycles. The molecule has 0 heterocycles. The number of halogens is 1. The molecule has 0 saturated carbocycles. The van der Waals surface area contributed by atoms with E-state index in [-0.39, 0.29) is 25.9 Å². The number of carbonyl (C=O) groups is 1. The van der Waals surface area contributed by atoms with Crippen LogP contribution in [0.1, 0.15) is 48.0 Å². The summed E-state index contributed by atoms with van der Waals surface area (Å²) in [6.45, 7) is 9.91. The average Bonchev–Trinajstić information content (AvgIpc) is 2.51. The molecule has 0 radical (unpaired) electrons. The van der Waals surface area contributed by atoms with Gasteiger partial charge in [-0.05, 0) is 46.1 Å². The lowest BCUT2D eigenvalue weighted by molar-refractivity contribution is -0.348. The van der Waals surface area contributed by atoms with Crippen molar-refractivity contribution in [2.24, 2.45) is 0 Å². The SMILES string of the molecule is CCOC(CC(F)C(O)CNC(=O)OC(C)(C)C)(OCC)O[P+](=O)CC. The minimum Gasteiger partial charge on any atom is -0.444 e. The van der Waals surface area contributed by atoms with Crippen LogP contribution in [0.5, 0.6) is 0 Å². The summed E-state index contributed by atoms with van der Waals surface area (Å²) in [6, 6.07) is 0. The highest BCUT2D eigenvalue weighted by Gasteiger charge is 2.45. The second kappa shape index (κ2) is 11.8. The predicted molar refractivity (Wildman–Crippen MR) is 95.0 cm³/mol. The van der Waals surface area contributed by atoms with Crippen LogP contribution < -0.4 is 5.32 Å². The minimum absolute atomic E-state index is 0.131. The molecule has 0 aromatic carbocycles. The molecule has 3 unspecified atom stereocenters. The molecular formula is C16H32FNO7P+. The molecule has 8 nitrogen and oxygen atoms in total. The molecule has 0 saturated heterocycles. The van der Waals surface area contributed by atoms with E-state index in [1.165, 1.54) is 0 Å². The number of aliphatic hydroxyl groups excluding tert-OH is 1. The standard InChI is InChI=1S/C16H31FNO7P/c1-7-22-16(23-8-2,25-26(21)9-3)10-12(17)13(19)11-18-14(20)24-15(4,5)6/h12-13,19H,7-11H2,1-6H3/p+1. The molecule has 0 rings (SSSR count). The highest BCUT2D eigenvalue weighted by atomic mass is 31.1. The van der Waals surface area contributed by atoms with Gasteiger partial charge in [0.1, 0.15) is 17.9 Å². The van der Waals surface area contributed by atoms with Crippen LogP contribution in [0.4, 0.5) is 9.18 Å². The highest BCUT2D eigenvalue weighted by molar-refractivity contribution is 7.39. The van der Waals surface area contributed by atoms with Gasteiger partial charge in [0.05, 0.1) is 6.42 Å². The summed E-state index contributed by atoms with van der Waals surface area (Å²) in [5.41, 5.74) is -0.706. The lowest BCUT2D eigenvalue weighted by atomic mass is 10.1. The fourth-order valence-corrected chi connectivity index (χ4v) is 2.53. The Kier molecular flexibility index (Phi) is 11.4. The van der Waals surface area contributed by atoms with Crippen LogP contribution in [0.25, 0.3) is 0 Å². The number of amides is 1. The molecule has 26 heavy (non-hydrogen) atoms. The van der Waals surface area contributed by atoms with Crippen LogP contribution in [0.3, 0.4) is 0 Å². The van der Waals surface area contributed by atoms with Gasteiger partial charge < -0.3 is 24.6 Å². The first-order chi connectivity index (χ1) is 12.0. The molecule has 0 spiro atoms. The Bertz CT molecular complexity index is 439. The topological polar surface area (TPSA) is 103 Å². The Morgan fingerprint density at radius 2 is 1.73 bits per heavy atom. The van der Waals surface area contributed by atoms with E-state index in [1.54, 1.807) is 41.5 Å². The number of hydrogen-bond acceptors (Lipinski definition) is 7. The molecule has 0 aliphatic heterocycles. The quantitative estimate of drug-likeness (QED) is 0.383. The first-order valence-corrected chi connectivity index (χ1v) is 10.1. The van der Waals surface area contributed by atoms with Crippen LogP contribution in [0.2, 0.25) is 0 Å². The number of carbonyl (C=O) groups excluding carboxylic acids is 1. The zero-order valence-corrected chi connectivity index (χ0v) is 17.3. The summed E-state index contributed by atoms with van der Waals surface area (Å²) in [4.78, 5) is 11.6. The zero-order valence-electron chi connectivity index (χ0n) is 16.4. The number of nitrogens with one attached hydrogen (secondary N) is 1. The van der Waals surface area contributed by atoms with Crippen molar-refractivity contribution in [1.29, 1.82) is 0 Å². The second-order valence-corrected chi connectivity index (χ2v) is 7.94. The monoisotopic (exact) mass is 400 g/mol. The summed E-state index contributed by atoms with van der Waals surface area (Å²) in [6.07, 6.45) is -4.48. The van der Waals surface area contributed by atoms with Crippen LogP contribution in [-0.4, -0.2) is 61.0 Å². The van der Waals surface area contributed by atoms with E-state index in [0.717, 1.165) is 0 Å². The number of hydrogen-bond donors (Lipinski definition) is 2. The summed E-state index contributed by atoms with van der Waals surface area (Å²) in [5.74, 6) is -1.86. The van der Waals surface area contributed by atoms with Gasteiger partial charge in [-0.25, -0.2) is 9.18 Å². The first-order valence-electron chi connectivity index (χ1n) is 8.69. The van der Waals surface area contributed by atoms with E-state index in [0.29, 0.717) is 0 Å². The molecule has 1 amide bonds. The van der Waals surface area contributed by atoms with Crippen molar-refractivity contribution in [2.45, 2.75) is 71.8 Å². The summed E-state index contributed by atoms with van der Waals surface area (Å²) >= 11 is 0.